The molecule has 1 aromatic rings. The number of nitro benzene ring substituents is 1. The lowest BCUT2D eigenvalue weighted by Gasteiger charge is -2.18. The van der Waals surface area contributed by atoms with Crippen LogP contribution in [0.25, 0.3) is 0 Å². The summed E-state index contributed by atoms with van der Waals surface area (Å²) < 4.78 is 4.89. The van der Waals surface area contributed by atoms with Gasteiger partial charge in [0.1, 0.15) is 0 Å². The molecule has 8 heteroatoms. The van der Waals surface area contributed by atoms with Gasteiger partial charge in [-0.25, -0.2) is 0 Å². The molecule has 22 heavy (non-hydrogen) atoms. The van der Waals surface area contributed by atoms with Crippen LogP contribution in [0.2, 0.25) is 0 Å². The number of nitrogens with one attached hydrogen (secondary N) is 1. The topological polar surface area (TPSA) is 119 Å². The number of carboxylic acid groups (broad SMARTS) is 1. The first kappa shape index (κ1) is 17.4. The Balaban J connectivity index is 2.74. The molecule has 8 nitrogen and oxygen atoms in total. The molecule has 0 fully saturated rings. The third-order valence-corrected chi connectivity index (χ3v) is 3.25. The largest absolute Gasteiger partial charge is 0.490 e. The van der Waals surface area contributed by atoms with E-state index in [1.807, 2.05) is 0 Å². The number of carbonyl (C=O) groups excluding carboxylic acids is 1. The van der Waals surface area contributed by atoms with Gasteiger partial charge in [-0.1, -0.05) is 0 Å². The van der Waals surface area contributed by atoms with Crippen LogP contribution >= 0.6 is 0 Å². The second-order valence-electron chi connectivity index (χ2n) is 5.34. The number of ether oxygens (including phenoxy) is 1. The van der Waals surface area contributed by atoms with Crippen molar-refractivity contribution in [3.63, 3.8) is 0 Å². The molecule has 0 saturated carbocycles. The minimum atomic E-state index is -0.946. The summed E-state index contributed by atoms with van der Waals surface area (Å²) in [6, 6.07) is 3.78. The number of carbonyl (C=O) groups is 2. The predicted octanol–water partition coefficient (Wildman–Crippen LogP) is 1.83. The molecule has 0 aliphatic heterocycles. The number of methoxy groups -OCH3 is 1. The highest BCUT2D eigenvalue weighted by Crippen LogP contribution is 2.27. The Hall–Kier alpha value is -2.64. The van der Waals surface area contributed by atoms with Gasteiger partial charge in [0, 0.05) is 24.2 Å². The quantitative estimate of drug-likeness (QED) is 0.586. The number of nitrogens with zero attached hydrogens (tertiary/aromatic N) is 1. The van der Waals surface area contributed by atoms with Crippen LogP contribution in [-0.2, 0) is 4.79 Å². The fourth-order valence-electron chi connectivity index (χ4n) is 1.67. The van der Waals surface area contributed by atoms with Gasteiger partial charge in [0.05, 0.1) is 17.4 Å². The second-order valence-corrected chi connectivity index (χ2v) is 5.34. The number of carboxylic acids is 1. The molecule has 2 N–H and O–H groups in total. The molecule has 1 amide bonds. The first-order valence-electron chi connectivity index (χ1n) is 6.53. The van der Waals surface area contributed by atoms with Gasteiger partial charge in [0.2, 0.25) is 0 Å². The average Bonchev–Trinajstić information content (AvgIpc) is 2.45. The van der Waals surface area contributed by atoms with Gasteiger partial charge in [-0.3, -0.25) is 19.7 Å². The number of benzene rings is 1. The van der Waals surface area contributed by atoms with E-state index in [0.717, 1.165) is 0 Å². The molecule has 0 aromatic heterocycles. The summed E-state index contributed by atoms with van der Waals surface area (Å²) in [5, 5.41) is 22.3. The Morgan fingerprint density at radius 3 is 2.55 bits per heavy atom. The highest BCUT2D eigenvalue weighted by Gasteiger charge is 2.26. The van der Waals surface area contributed by atoms with Crippen LogP contribution in [0.15, 0.2) is 18.2 Å². The van der Waals surface area contributed by atoms with Crippen molar-refractivity contribution in [2.45, 2.75) is 20.3 Å². The third-order valence-electron chi connectivity index (χ3n) is 3.25. The van der Waals surface area contributed by atoms with Crippen LogP contribution in [-0.4, -0.2) is 35.6 Å². The van der Waals surface area contributed by atoms with Gasteiger partial charge in [0.25, 0.3) is 5.91 Å². The summed E-state index contributed by atoms with van der Waals surface area (Å²) in [5.74, 6) is -1.41. The van der Waals surface area contributed by atoms with E-state index < -0.39 is 22.2 Å². The highest BCUT2D eigenvalue weighted by molar-refractivity contribution is 5.95. The molecule has 120 valence electrons. The van der Waals surface area contributed by atoms with Crippen molar-refractivity contribution < 1.29 is 24.4 Å². The zero-order valence-corrected chi connectivity index (χ0v) is 12.6. The van der Waals surface area contributed by atoms with E-state index in [4.69, 9.17) is 9.84 Å². The molecule has 0 bridgehead atoms. The lowest BCUT2D eigenvalue weighted by molar-refractivity contribution is -0.385. The monoisotopic (exact) mass is 310 g/mol. The minimum absolute atomic E-state index is 0.0106. The Morgan fingerprint density at radius 1 is 1.41 bits per heavy atom. The smallest absolute Gasteiger partial charge is 0.310 e. The van der Waals surface area contributed by atoms with Gasteiger partial charge >= 0.3 is 11.7 Å². The van der Waals surface area contributed by atoms with Gasteiger partial charge < -0.3 is 15.2 Å². The van der Waals surface area contributed by atoms with Gasteiger partial charge in [-0.05, 0) is 26.3 Å². The first-order valence-corrected chi connectivity index (χ1v) is 6.53. The lowest BCUT2D eigenvalue weighted by atomic mass is 9.90. The number of nitro groups is 1. The Labute approximate surface area is 127 Å². The van der Waals surface area contributed by atoms with Crippen molar-refractivity contribution in [2.75, 3.05) is 13.7 Å². The molecule has 0 aliphatic rings. The molecular formula is C14H18N2O6. The molecular weight excluding hydrogens is 292 g/mol. The van der Waals surface area contributed by atoms with E-state index in [0.29, 0.717) is 0 Å². The summed E-state index contributed by atoms with van der Waals surface area (Å²) in [6.07, 6.45) is 0.262. The number of aliphatic carboxylic acids is 1. The number of hydrogen-bond donors (Lipinski definition) is 2. The standard InChI is InChI=1S/C14H18N2O6/c1-14(2,13(18)19)6-7-15-12(17)9-4-5-10(16(20)21)11(8-9)22-3/h4-5,8H,6-7H2,1-3H3,(H,15,17)(H,18,19). The normalized spacial score (nSPS) is 10.9. The van der Waals surface area contributed by atoms with Crippen LogP contribution in [0.5, 0.6) is 5.75 Å². The van der Waals surface area contributed by atoms with Crippen LogP contribution in [0.1, 0.15) is 30.6 Å². The van der Waals surface area contributed by atoms with Crippen molar-refractivity contribution in [2.24, 2.45) is 5.41 Å². The fourth-order valence-corrected chi connectivity index (χ4v) is 1.67. The van der Waals surface area contributed by atoms with E-state index in [1.54, 1.807) is 13.8 Å². The van der Waals surface area contributed by atoms with Crippen molar-refractivity contribution in [1.82, 2.24) is 5.32 Å². The number of amides is 1. The summed E-state index contributed by atoms with van der Waals surface area (Å²) in [6.45, 7) is 3.31. The SMILES string of the molecule is COc1cc(C(=O)NCCC(C)(C)C(=O)O)ccc1[N+](=O)[O-]. The molecule has 1 rings (SSSR count). The number of hydrogen-bond acceptors (Lipinski definition) is 5. The minimum Gasteiger partial charge on any atom is -0.490 e. The summed E-state index contributed by atoms with van der Waals surface area (Å²) in [5.41, 5.74) is -0.970. The maximum atomic E-state index is 12.0. The van der Waals surface area contributed by atoms with Crippen molar-refractivity contribution in [3.05, 3.63) is 33.9 Å². The fraction of sp³-hybridized carbons (Fsp3) is 0.429. The summed E-state index contributed by atoms with van der Waals surface area (Å²) >= 11 is 0. The molecule has 0 unspecified atom stereocenters. The van der Waals surface area contributed by atoms with Gasteiger partial charge in [-0.2, -0.15) is 0 Å². The maximum absolute atomic E-state index is 12.0. The van der Waals surface area contributed by atoms with E-state index in [1.165, 1.54) is 25.3 Å². The highest BCUT2D eigenvalue weighted by atomic mass is 16.6. The van der Waals surface area contributed by atoms with Crippen molar-refractivity contribution >= 4 is 17.6 Å². The molecule has 0 radical (unpaired) electrons. The predicted molar refractivity (Wildman–Crippen MR) is 78.0 cm³/mol. The first-order chi connectivity index (χ1) is 10.2. The molecule has 0 saturated heterocycles. The molecule has 0 aliphatic carbocycles. The Bertz CT molecular complexity index is 597. The zero-order chi connectivity index (χ0) is 16.9. The van der Waals surface area contributed by atoms with Crippen LogP contribution < -0.4 is 10.1 Å². The van der Waals surface area contributed by atoms with Crippen molar-refractivity contribution in [3.8, 4) is 5.75 Å². The van der Waals surface area contributed by atoms with Gasteiger partial charge in [0.15, 0.2) is 5.75 Å². The average molecular weight is 310 g/mol. The Kier molecular flexibility index (Phi) is 5.44. The Morgan fingerprint density at radius 2 is 2.05 bits per heavy atom. The molecule has 0 heterocycles. The second kappa shape index (κ2) is 6.88. The van der Waals surface area contributed by atoms with E-state index in [9.17, 15) is 19.7 Å². The summed E-state index contributed by atoms with van der Waals surface area (Å²) in [4.78, 5) is 33.1. The maximum Gasteiger partial charge on any atom is 0.310 e. The van der Waals surface area contributed by atoms with E-state index >= 15 is 0 Å². The van der Waals surface area contributed by atoms with E-state index in [-0.39, 0.29) is 30.0 Å². The lowest BCUT2D eigenvalue weighted by Crippen LogP contribution is -2.31. The van der Waals surface area contributed by atoms with Crippen LogP contribution in [0.4, 0.5) is 5.69 Å². The molecule has 1 aromatic carbocycles. The summed E-state index contributed by atoms with van der Waals surface area (Å²) in [7, 11) is 1.28. The third kappa shape index (κ3) is 4.18. The zero-order valence-electron chi connectivity index (χ0n) is 12.6. The van der Waals surface area contributed by atoms with Crippen LogP contribution in [0.3, 0.4) is 0 Å². The van der Waals surface area contributed by atoms with E-state index in [2.05, 4.69) is 5.32 Å². The number of rotatable bonds is 7. The molecule has 0 spiro atoms. The van der Waals surface area contributed by atoms with Crippen molar-refractivity contribution in [1.29, 1.82) is 0 Å². The molecule has 0 atom stereocenters. The van der Waals surface area contributed by atoms with Gasteiger partial charge in [-0.15, -0.1) is 0 Å². The van der Waals surface area contributed by atoms with Crippen LogP contribution in [0, 0.1) is 15.5 Å².